The maximum absolute atomic E-state index is 11.4. The molecule has 0 radical (unpaired) electrons. The third-order valence-corrected chi connectivity index (χ3v) is 4.57. The number of nitrogens with zero attached hydrogens (tertiary/aromatic N) is 3. The van der Waals surface area contributed by atoms with Crippen molar-refractivity contribution in [3.05, 3.63) is 64.9 Å². The fraction of sp³-hybridized carbons (Fsp3) is 0.0526. The Morgan fingerprint density at radius 1 is 1.04 bits per heavy atom. The van der Waals surface area contributed by atoms with E-state index in [1.807, 2.05) is 30.3 Å². The highest BCUT2D eigenvalue weighted by atomic mass is 79.9. The molecule has 0 aliphatic carbocycles. The topological polar surface area (TPSA) is 95.6 Å². The van der Waals surface area contributed by atoms with Gasteiger partial charge in [-0.15, -0.1) is 0 Å². The summed E-state index contributed by atoms with van der Waals surface area (Å²) in [5, 5.41) is 14.4. The van der Waals surface area contributed by atoms with Crippen LogP contribution in [0.15, 0.2) is 59.3 Å². The molecule has 4 aromatic rings. The Balaban J connectivity index is 1.56. The van der Waals surface area contributed by atoms with E-state index >= 15 is 0 Å². The van der Waals surface area contributed by atoms with E-state index in [4.69, 9.17) is 0 Å². The summed E-state index contributed by atoms with van der Waals surface area (Å²) in [5.41, 5.74) is 3.32. The molecule has 7 nitrogen and oxygen atoms in total. The lowest BCUT2D eigenvalue weighted by Gasteiger charge is -2.10. The van der Waals surface area contributed by atoms with Gasteiger partial charge in [0.25, 0.3) is 0 Å². The first kappa shape index (κ1) is 17.2. The van der Waals surface area contributed by atoms with Crippen molar-refractivity contribution in [2.24, 2.45) is 0 Å². The first-order chi connectivity index (χ1) is 13.1. The lowest BCUT2D eigenvalue weighted by molar-refractivity contribution is 0.101. The molecule has 0 amide bonds. The molecular formula is C19H15BrN6O. The van der Waals surface area contributed by atoms with Crippen LogP contribution in [0.25, 0.3) is 10.9 Å². The summed E-state index contributed by atoms with van der Waals surface area (Å²) in [6.07, 6.45) is 3.44. The zero-order valence-corrected chi connectivity index (χ0v) is 15.9. The number of nitrogens with one attached hydrogen (secondary N) is 3. The zero-order valence-electron chi connectivity index (χ0n) is 14.3. The third-order valence-electron chi connectivity index (χ3n) is 3.99. The van der Waals surface area contributed by atoms with Crippen LogP contribution in [0.5, 0.6) is 0 Å². The summed E-state index contributed by atoms with van der Waals surface area (Å²) in [7, 11) is 0. The number of carbonyl (C=O) groups excluding carboxylic acids is 1. The number of anilines is 4. The summed E-state index contributed by atoms with van der Waals surface area (Å²) in [6, 6.07) is 13.1. The number of hydrogen-bond acceptors (Lipinski definition) is 6. The Bertz CT molecular complexity index is 1120. The molecule has 2 heterocycles. The minimum Gasteiger partial charge on any atom is -0.339 e. The maximum Gasteiger partial charge on any atom is 0.229 e. The highest BCUT2D eigenvalue weighted by Crippen LogP contribution is 2.26. The molecule has 2 aromatic carbocycles. The van der Waals surface area contributed by atoms with Crippen LogP contribution < -0.4 is 10.6 Å². The Hall–Kier alpha value is -3.26. The second-order valence-electron chi connectivity index (χ2n) is 5.95. The van der Waals surface area contributed by atoms with E-state index < -0.39 is 0 Å². The van der Waals surface area contributed by atoms with Gasteiger partial charge in [0.15, 0.2) is 5.78 Å². The summed E-state index contributed by atoms with van der Waals surface area (Å²) in [4.78, 5) is 20.2. The van der Waals surface area contributed by atoms with E-state index in [-0.39, 0.29) is 5.78 Å². The molecule has 0 unspecified atom stereocenters. The lowest BCUT2D eigenvalue weighted by atomic mass is 10.1. The van der Waals surface area contributed by atoms with Gasteiger partial charge in [0.2, 0.25) is 5.95 Å². The fourth-order valence-corrected chi connectivity index (χ4v) is 2.88. The molecule has 3 N–H and O–H groups in total. The minimum absolute atomic E-state index is 0.0332. The van der Waals surface area contributed by atoms with E-state index in [9.17, 15) is 4.79 Å². The lowest BCUT2D eigenvalue weighted by Crippen LogP contribution is -2.02. The zero-order chi connectivity index (χ0) is 18.8. The molecule has 0 spiro atoms. The summed E-state index contributed by atoms with van der Waals surface area (Å²) < 4.78 is 0.731. The van der Waals surface area contributed by atoms with Crippen molar-refractivity contribution in [2.45, 2.75) is 6.92 Å². The van der Waals surface area contributed by atoms with Crippen LogP contribution in [0.4, 0.5) is 23.1 Å². The Kier molecular flexibility index (Phi) is 4.55. The van der Waals surface area contributed by atoms with Gasteiger partial charge in [-0.2, -0.15) is 10.1 Å². The second-order valence-corrected chi connectivity index (χ2v) is 6.80. The van der Waals surface area contributed by atoms with E-state index in [2.05, 4.69) is 46.7 Å². The number of Topliss-reactive ketones (excluding diaryl/α,β-unsaturated/α-hetero) is 1. The number of rotatable bonds is 5. The minimum atomic E-state index is 0.0332. The predicted molar refractivity (Wildman–Crippen MR) is 109 cm³/mol. The summed E-state index contributed by atoms with van der Waals surface area (Å²) >= 11 is 3.46. The van der Waals surface area contributed by atoms with Crippen LogP contribution >= 0.6 is 15.9 Å². The number of ketones is 1. The maximum atomic E-state index is 11.4. The predicted octanol–water partition coefficient (Wildman–Crippen LogP) is 4.81. The van der Waals surface area contributed by atoms with Gasteiger partial charge < -0.3 is 10.6 Å². The first-order valence-corrected chi connectivity index (χ1v) is 8.98. The van der Waals surface area contributed by atoms with Gasteiger partial charge in [0.1, 0.15) is 5.82 Å². The molecule has 2 aromatic heterocycles. The summed E-state index contributed by atoms with van der Waals surface area (Å²) in [5.74, 6) is 1.11. The van der Waals surface area contributed by atoms with Gasteiger partial charge in [-0.25, -0.2) is 4.98 Å². The van der Waals surface area contributed by atoms with E-state index in [1.54, 1.807) is 31.5 Å². The molecule has 4 rings (SSSR count). The van der Waals surface area contributed by atoms with Crippen molar-refractivity contribution in [3.8, 4) is 0 Å². The van der Waals surface area contributed by atoms with Gasteiger partial charge in [-0.05, 0) is 65.3 Å². The van der Waals surface area contributed by atoms with Crippen LogP contribution in [-0.4, -0.2) is 25.9 Å². The molecule has 0 saturated heterocycles. The Morgan fingerprint density at radius 3 is 2.59 bits per heavy atom. The smallest absolute Gasteiger partial charge is 0.229 e. The molecule has 0 aliphatic heterocycles. The monoisotopic (exact) mass is 422 g/mol. The number of aromatic nitrogens is 4. The first-order valence-electron chi connectivity index (χ1n) is 8.19. The summed E-state index contributed by atoms with van der Waals surface area (Å²) in [6.45, 7) is 1.54. The van der Waals surface area contributed by atoms with E-state index in [0.29, 0.717) is 17.3 Å². The number of benzene rings is 2. The highest BCUT2D eigenvalue weighted by molar-refractivity contribution is 9.10. The average molecular weight is 423 g/mol. The number of H-pyrrole nitrogens is 1. The third kappa shape index (κ3) is 3.80. The van der Waals surface area contributed by atoms with Crippen molar-refractivity contribution in [2.75, 3.05) is 10.6 Å². The standard InChI is InChI=1S/C19H15BrN6O/c1-11(27)12-2-4-14(5-3-12)23-18-16(20)10-21-19(25-18)24-15-6-7-17-13(8-15)9-22-26-17/h2-10H,1H3,(H,22,26)(H2,21,23,24,25). The van der Waals surface area contributed by atoms with Gasteiger partial charge in [0.05, 0.1) is 16.2 Å². The normalized spacial score (nSPS) is 10.7. The van der Waals surface area contributed by atoms with Crippen LogP contribution in [0.3, 0.4) is 0 Å². The van der Waals surface area contributed by atoms with Crippen molar-refractivity contribution in [1.29, 1.82) is 0 Å². The largest absolute Gasteiger partial charge is 0.339 e. The van der Waals surface area contributed by atoms with Crippen molar-refractivity contribution < 1.29 is 4.79 Å². The molecule has 0 bridgehead atoms. The van der Waals surface area contributed by atoms with Crippen LogP contribution in [0.1, 0.15) is 17.3 Å². The van der Waals surface area contributed by atoms with Crippen LogP contribution in [-0.2, 0) is 0 Å². The average Bonchev–Trinajstić information content (AvgIpc) is 3.13. The Morgan fingerprint density at radius 2 is 1.81 bits per heavy atom. The highest BCUT2D eigenvalue weighted by Gasteiger charge is 2.07. The van der Waals surface area contributed by atoms with Crippen LogP contribution in [0, 0.1) is 0 Å². The molecule has 0 saturated carbocycles. The van der Waals surface area contributed by atoms with Crippen LogP contribution in [0.2, 0.25) is 0 Å². The molecule has 8 heteroatoms. The second kappa shape index (κ2) is 7.16. The van der Waals surface area contributed by atoms with Crippen molar-refractivity contribution in [1.82, 2.24) is 20.2 Å². The molecule has 27 heavy (non-hydrogen) atoms. The molecule has 0 atom stereocenters. The van der Waals surface area contributed by atoms with E-state index in [0.717, 1.165) is 26.8 Å². The fourth-order valence-electron chi connectivity index (χ4n) is 2.59. The van der Waals surface area contributed by atoms with Gasteiger partial charge >= 0.3 is 0 Å². The molecule has 134 valence electrons. The Labute approximate surface area is 163 Å². The SMILES string of the molecule is CC(=O)c1ccc(Nc2nc(Nc3ccc4[nH]ncc4c3)ncc2Br)cc1. The number of carbonyl (C=O) groups is 1. The number of fused-ring (bicyclic) bond motifs is 1. The van der Waals surface area contributed by atoms with Gasteiger partial charge in [-0.3, -0.25) is 9.89 Å². The molecule has 0 fully saturated rings. The number of halogens is 1. The van der Waals surface area contributed by atoms with Crippen molar-refractivity contribution in [3.63, 3.8) is 0 Å². The quantitative estimate of drug-likeness (QED) is 0.399. The molecule has 0 aliphatic rings. The number of hydrogen-bond donors (Lipinski definition) is 3. The van der Waals surface area contributed by atoms with Gasteiger partial charge in [0, 0.05) is 28.5 Å². The van der Waals surface area contributed by atoms with Gasteiger partial charge in [-0.1, -0.05) is 0 Å². The number of aromatic amines is 1. The van der Waals surface area contributed by atoms with Crippen molar-refractivity contribution >= 4 is 55.8 Å². The van der Waals surface area contributed by atoms with E-state index in [1.165, 1.54) is 0 Å². The molecular weight excluding hydrogens is 408 g/mol.